The number of hydrogen-bond acceptors (Lipinski definition) is 0. The predicted octanol–water partition coefficient (Wildman–Crippen LogP) is -0.236. The van der Waals surface area contributed by atoms with E-state index in [-0.39, 0.29) is 24.0 Å². The Balaban J connectivity index is 0.00000144. The summed E-state index contributed by atoms with van der Waals surface area (Å²) in [7, 11) is 0.546. The fraction of sp³-hybridized carbons (Fsp3) is 0.400. The lowest BCUT2D eigenvalue weighted by Gasteiger charge is -1.98. The Kier molecular flexibility index (Phi) is 7.27. The molecule has 3 heteroatoms. The molecule has 0 fully saturated rings. The van der Waals surface area contributed by atoms with Gasteiger partial charge >= 0.3 is 0 Å². The van der Waals surface area contributed by atoms with Gasteiger partial charge in [-0.1, -0.05) is 23.7 Å². The highest BCUT2D eigenvalue weighted by Gasteiger charge is 2.02. The lowest BCUT2D eigenvalue weighted by Crippen LogP contribution is -3.00. The molecule has 0 radical (unpaired) electrons. The second-order valence-corrected chi connectivity index (χ2v) is 5.88. The lowest BCUT2D eigenvalue weighted by atomic mass is 10.2. The molecule has 0 aliphatic rings. The smallest absolute Gasteiger partial charge is 0.111 e. The fourth-order valence-corrected chi connectivity index (χ4v) is 1.74. The molecule has 0 atom stereocenters. The van der Waals surface area contributed by atoms with Crippen molar-refractivity contribution in [3.05, 3.63) is 34.9 Å². The van der Waals surface area contributed by atoms with Gasteiger partial charge in [-0.3, -0.25) is 0 Å². The third-order valence-corrected chi connectivity index (χ3v) is 2.98. The second kappa shape index (κ2) is 6.96. The minimum Gasteiger partial charge on any atom is -1.00 e. The van der Waals surface area contributed by atoms with E-state index in [1.54, 1.807) is 0 Å². The van der Waals surface area contributed by atoms with Crippen LogP contribution in [-0.4, -0.2) is 18.3 Å². The summed E-state index contributed by atoms with van der Waals surface area (Å²) in [4.78, 5) is 0. The molecule has 1 aromatic carbocycles. The van der Waals surface area contributed by atoms with Crippen molar-refractivity contribution < 1.29 is 24.0 Å². The maximum atomic E-state index is 5.78. The Bertz CT molecular complexity index is 233. The molecule has 0 heterocycles. The molecule has 0 aromatic heterocycles. The number of aryl methyl sites for hydroxylation is 1. The molecule has 0 saturated heterocycles. The van der Waals surface area contributed by atoms with E-state index in [0.29, 0.717) is 10.9 Å². The zero-order chi connectivity index (χ0) is 8.97. The number of benzene rings is 1. The van der Waals surface area contributed by atoms with Crippen LogP contribution < -0.4 is 24.0 Å². The van der Waals surface area contributed by atoms with E-state index in [2.05, 4.69) is 24.6 Å². The van der Waals surface area contributed by atoms with E-state index in [9.17, 15) is 0 Å². The van der Waals surface area contributed by atoms with Crippen LogP contribution >= 0.6 is 11.6 Å². The monoisotopic (exact) mass is 328 g/mol. The molecule has 0 amide bonds. The van der Waals surface area contributed by atoms with Gasteiger partial charge in [0, 0.05) is 11.4 Å². The van der Waals surface area contributed by atoms with E-state index in [0.717, 1.165) is 5.02 Å². The molecule has 1 aromatic rings. The largest absolute Gasteiger partial charge is 1.00 e. The molecule has 0 aliphatic carbocycles. The van der Waals surface area contributed by atoms with Gasteiger partial charge in [0.1, 0.15) is 5.75 Å². The summed E-state index contributed by atoms with van der Waals surface area (Å²) in [6.07, 6.45) is 5.72. The Morgan fingerprint density at radius 2 is 1.69 bits per heavy atom. The molecule has 0 saturated carbocycles. The number of hydrogen-bond donors (Lipinski definition) is 0. The van der Waals surface area contributed by atoms with Crippen LogP contribution in [0.3, 0.4) is 0 Å². The van der Waals surface area contributed by atoms with E-state index >= 15 is 0 Å². The second-order valence-electron chi connectivity index (χ2n) is 3.07. The summed E-state index contributed by atoms with van der Waals surface area (Å²) in [6, 6.07) is 8.13. The Morgan fingerprint density at radius 1 is 1.15 bits per heavy atom. The van der Waals surface area contributed by atoms with E-state index in [4.69, 9.17) is 11.6 Å². The molecule has 1 rings (SSSR count). The molecule has 0 bridgehead atoms. The normalized spacial score (nSPS) is 9.85. The highest BCUT2D eigenvalue weighted by atomic mass is 127. The van der Waals surface area contributed by atoms with Crippen LogP contribution in [0.4, 0.5) is 0 Å². The van der Waals surface area contributed by atoms with Crippen molar-refractivity contribution >= 4 is 22.5 Å². The molecule has 74 valence electrons. The summed E-state index contributed by atoms with van der Waals surface area (Å²) in [5, 5.41) is 0.825. The van der Waals surface area contributed by atoms with E-state index in [1.807, 2.05) is 12.1 Å². The summed E-state index contributed by atoms with van der Waals surface area (Å²) in [5.41, 5.74) is 1.39. The maximum Gasteiger partial charge on any atom is 0.111 e. The standard InChI is InChI=1S/C10H14ClS.HI/c1-12(2)8-7-9-3-5-10(11)6-4-9;/h3-6H,7-8H2,1-2H3;1H/q+1;/p-1. The van der Waals surface area contributed by atoms with Gasteiger partial charge in [-0.15, -0.1) is 0 Å². The highest BCUT2D eigenvalue weighted by Crippen LogP contribution is 2.10. The first-order valence-electron chi connectivity index (χ1n) is 3.97. The molecule has 13 heavy (non-hydrogen) atoms. The van der Waals surface area contributed by atoms with Gasteiger partial charge in [-0.25, -0.2) is 0 Å². The first-order chi connectivity index (χ1) is 5.68. The van der Waals surface area contributed by atoms with Gasteiger partial charge in [0.15, 0.2) is 0 Å². The summed E-state index contributed by atoms with van der Waals surface area (Å²) < 4.78 is 0. The van der Waals surface area contributed by atoms with Crippen LogP contribution in [0.2, 0.25) is 5.02 Å². The Labute approximate surface area is 105 Å². The van der Waals surface area contributed by atoms with Gasteiger partial charge < -0.3 is 24.0 Å². The Hall–Kier alpha value is 0.590. The Morgan fingerprint density at radius 3 is 2.15 bits per heavy atom. The van der Waals surface area contributed by atoms with Crippen LogP contribution in [-0.2, 0) is 17.3 Å². The quantitative estimate of drug-likeness (QED) is 0.531. The van der Waals surface area contributed by atoms with Gasteiger partial charge in [0.2, 0.25) is 0 Å². The summed E-state index contributed by atoms with van der Waals surface area (Å²) in [6.45, 7) is 0. The van der Waals surface area contributed by atoms with Crippen LogP contribution in [0.1, 0.15) is 5.56 Å². The van der Waals surface area contributed by atoms with Crippen LogP contribution in [0.25, 0.3) is 0 Å². The van der Waals surface area contributed by atoms with Crippen molar-refractivity contribution in [1.29, 1.82) is 0 Å². The zero-order valence-corrected chi connectivity index (χ0v) is 11.6. The van der Waals surface area contributed by atoms with Crippen molar-refractivity contribution in [2.75, 3.05) is 18.3 Å². The van der Waals surface area contributed by atoms with E-state index in [1.165, 1.54) is 17.7 Å². The maximum absolute atomic E-state index is 5.78. The van der Waals surface area contributed by atoms with Gasteiger partial charge in [-0.05, 0) is 28.6 Å². The molecule has 0 aliphatic heterocycles. The van der Waals surface area contributed by atoms with Crippen LogP contribution in [0.15, 0.2) is 24.3 Å². The highest BCUT2D eigenvalue weighted by molar-refractivity contribution is 7.95. The van der Waals surface area contributed by atoms with Gasteiger partial charge in [0.05, 0.1) is 12.5 Å². The minimum absolute atomic E-state index is 0. The van der Waals surface area contributed by atoms with Crippen molar-refractivity contribution in [3.63, 3.8) is 0 Å². The number of halogens is 2. The molecule has 0 unspecified atom stereocenters. The first-order valence-corrected chi connectivity index (χ1v) is 6.56. The SMILES string of the molecule is C[S+](C)CCc1ccc(Cl)cc1.[I-]. The number of rotatable bonds is 3. The van der Waals surface area contributed by atoms with Gasteiger partial charge in [0.25, 0.3) is 0 Å². The molecular weight excluding hydrogens is 315 g/mol. The zero-order valence-electron chi connectivity index (χ0n) is 7.89. The average molecular weight is 329 g/mol. The molecular formula is C10H14ClIS. The first kappa shape index (κ1) is 13.6. The predicted molar refractivity (Wildman–Crippen MR) is 59.2 cm³/mol. The third kappa shape index (κ3) is 5.81. The summed E-state index contributed by atoms with van der Waals surface area (Å²) >= 11 is 5.78. The van der Waals surface area contributed by atoms with Crippen LogP contribution in [0.5, 0.6) is 0 Å². The van der Waals surface area contributed by atoms with Crippen molar-refractivity contribution in [2.45, 2.75) is 6.42 Å². The van der Waals surface area contributed by atoms with Crippen molar-refractivity contribution in [3.8, 4) is 0 Å². The van der Waals surface area contributed by atoms with Crippen molar-refractivity contribution in [2.24, 2.45) is 0 Å². The molecule has 0 N–H and O–H groups in total. The third-order valence-electron chi connectivity index (χ3n) is 1.71. The lowest BCUT2D eigenvalue weighted by molar-refractivity contribution is -0.00000250. The fourth-order valence-electron chi connectivity index (χ4n) is 0.973. The topological polar surface area (TPSA) is 0 Å². The minimum atomic E-state index is 0. The van der Waals surface area contributed by atoms with E-state index < -0.39 is 0 Å². The molecule has 0 spiro atoms. The average Bonchev–Trinajstić information content (AvgIpc) is 2.03. The molecule has 0 nitrogen and oxygen atoms in total. The van der Waals surface area contributed by atoms with Crippen LogP contribution in [0, 0.1) is 0 Å². The van der Waals surface area contributed by atoms with Gasteiger partial charge in [-0.2, -0.15) is 0 Å². The summed E-state index contributed by atoms with van der Waals surface area (Å²) in [5.74, 6) is 1.28. The van der Waals surface area contributed by atoms with Crippen molar-refractivity contribution in [1.82, 2.24) is 0 Å².